The summed E-state index contributed by atoms with van der Waals surface area (Å²) in [7, 11) is 1.54. The molecule has 3 aromatic rings. The SMILES string of the molecule is COc1ccc(/C(O)=C2/C(=O)C(=O)N(Cc3cccs3)C2c2ccco2)cc1. The minimum Gasteiger partial charge on any atom is -0.507 e. The number of carbonyl (C=O) groups is 2. The Morgan fingerprint density at radius 1 is 1.18 bits per heavy atom. The highest BCUT2D eigenvalue weighted by Gasteiger charge is 2.47. The number of furan rings is 1. The van der Waals surface area contributed by atoms with Crippen molar-refractivity contribution < 1.29 is 23.8 Å². The maximum atomic E-state index is 12.8. The van der Waals surface area contributed by atoms with Gasteiger partial charge in [0.05, 0.1) is 25.5 Å². The second kappa shape index (κ2) is 7.36. The van der Waals surface area contributed by atoms with Gasteiger partial charge >= 0.3 is 0 Å². The molecule has 0 bridgehead atoms. The molecular weight excluding hydrogens is 378 g/mol. The minimum absolute atomic E-state index is 0.0154. The minimum atomic E-state index is -0.792. The van der Waals surface area contributed by atoms with Crippen LogP contribution in [0.5, 0.6) is 5.75 Å². The van der Waals surface area contributed by atoms with E-state index in [-0.39, 0.29) is 17.9 Å². The zero-order valence-corrected chi connectivity index (χ0v) is 15.8. The molecule has 1 aromatic carbocycles. The number of Topliss-reactive ketones (excluding diaryl/α,β-unsaturated/α-hetero) is 1. The average Bonchev–Trinajstić information content (AvgIpc) is 3.46. The highest BCUT2D eigenvalue weighted by Crippen LogP contribution is 2.40. The quantitative estimate of drug-likeness (QED) is 0.402. The van der Waals surface area contributed by atoms with E-state index in [1.54, 1.807) is 43.5 Å². The van der Waals surface area contributed by atoms with Crippen LogP contribution in [0.1, 0.15) is 22.2 Å². The van der Waals surface area contributed by atoms with Crippen LogP contribution in [0.4, 0.5) is 0 Å². The van der Waals surface area contributed by atoms with E-state index in [4.69, 9.17) is 9.15 Å². The van der Waals surface area contributed by atoms with Gasteiger partial charge in [-0.3, -0.25) is 9.59 Å². The number of hydrogen-bond donors (Lipinski definition) is 1. The van der Waals surface area contributed by atoms with Crippen LogP contribution in [0.25, 0.3) is 5.76 Å². The predicted molar refractivity (Wildman–Crippen MR) is 104 cm³/mol. The molecule has 1 atom stereocenters. The molecule has 1 aliphatic heterocycles. The van der Waals surface area contributed by atoms with Crippen LogP contribution in [0, 0.1) is 0 Å². The Hall–Kier alpha value is -3.32. The number of aliphatic hydroxyl groups is 1. The molecule has 1 saturated heterocycles. The molecule has 0 spiro atoms. The van der Waals surface area contributed by atoms with Gasteiger partial charge in [-0.25, -0.2) is 0 Å². The maximum absolute atomic E-state index is 12.8. The molecule has 6 nitrogen and oxygen atoms in total. The lowest BCUT2D eigenvalue weighted by Gasteiger charge is -2.22. The molecule has 142 valence electrons. The number of likely N-dealkylation sites (tertiary alicyclic amines) is 1. The van der Waals surface area contributed by atoms with Crippen LogP contribution in [0.15, 0.2) is 70.2 Å². The summed E-state index contributed by atoms with van der Waals surface area (Å²) in [5.74, 6) is -0.588. The molecule has 0 aliphatic carbocycles. The van der Waals surface area contributed by atoms with Gasteiger partial charge in [0, 0.05) is 10.4 Å². The summed E-state index contributed by atoms with van der Waals surface area (Å²) in [6.45, 7) is 0.257. The van der Waals surface area contributed by atoms with Crippen molar-refractivity contribution in [2.45, 2.75) is 12.6 Å². The van der Waals surface area contributed by atoms with E-state index in [9.17, 15) is 14.7 Å². The first-order valence-corrected chi connectivity index (χ1v) is 9.46. The van der Waals surface area contributed by atoms with E-state index >= 15 is 0 Å². The standard InChI is InChI=1S/C21H17NO5S/c1-26-14-8-6-13(7-9-14)19(23)17-18(16-5-2-10-27-16)22(21(25)20(17)24)12-15-4-3-11-28-15/h2-11,18,23H,12H2,1H3/b19-17-. The van der Waals surface area contributed by atoms with Crippen molar-refractivity contribution in [3.8, 4) is 5.75 Å². The number of benzene rings is 1. The van der Waals surface area contributed by atoms with Crippen LogP contribution in [0.3, 0.4) is 0 Å². The smallest absolute Gasteiger partial charge is 0.296 e. The van der Waals surface area contributed by atoms with Crippen molar-refractivity contribution in [3.05, 3.63) is 81.9 Å². The normalized spacial score (nSPS) is 18.6. The third-order valence-electron chi connectivity index (χ3n) is 4.62. The summed E-state index contributed by atoms with van der Waals surface area (Å²) < 4.78 is 10.6. The van der Waals surface area contributed by atoms with Gasteiger partial charge in [-0.1, -0.05) is 6.07 Å². The number of carbonyl (C=O) groups excluding carboxylic acids is 2. The molecule has 4 rings (SSSR count). The summed E-state index contributed by atoms with van der Waals surface area (Å²) in [5.41, 5.74) is 0.438. The highest BCUT2D eigenvalue weighted by molar-refractivity contribution is 7.09. The van der Waals surface area contributed by atoms with Gasteiger partial charge in [-0.05, 0) is 47.8 Å². The van der Waals surface area contributed by atoms with E-state index < -0.39 is 17.7 Å². The Bertz CT molecular complexity index is 1020. The molecule has 1 fully saturated rings. The van der Waals surface area contributed by atoms with Crippen molar-refractivity contribution in [2.75, 3.05) is 7.11 Å². The van der Waals surface area contributed by atoms with Crippen molar-refractivity contribution >= 4 is 28.8 Å². The van der Waals surface area contributed by atoms with Gasteiger partial charge in [0.2, 0.25) is 0 Å². The van der Waals surface area contributed by atoms with Crippen LogP contribution >= 0.6 is 11.3 Å². The fourth-order valence-corrected chi connectivity index (χ4v) is 3.96. The van der Waals surface area contributed by atoms with E-state index in [1.807, 2.05) is 17.5 Å². The number of ketones is 1. The number of ether oxygens (including phenoxy) is 1. The number of rotatable bonds is 5. The van der Waals surface area contributed by atoms with Crippen molar-refractivity contribution in [1.82, 2.24) is 4.90 Å². The number of hydrogen-bond acceptors (Lipinski definition) is 6. The van der Waals surface area contributed by atoms with Gasteiger partial charge in [0.25, 0.3) is 11.7 Å². The van der Waals surface area contributed by atoms with Crippen LogP contribution in [-0.2, 0) is 16.1 Å². The van der Waals surface area contributed by atoms with E-state index in [1.165, 1.54) is 22.5 Å². The third-order valence-corrected chi connectivity index (χ3v) is 5.48. The fraction of sp³-hybridized carbons (Fsp3) is 0.143. The summed E-state index contributed by atoms with van der Waals surface area (Å²) in [5, 5.41) is 12.8. The zero-order valence-electron chi connectivity index (χ0n) is 15.0. The second-order valence-corrected chi connectivity index (χ2v) is 7.28. The summed E-state index contributed by atoms with van der Waals surface area (Å²) in [4.78, 5) is 27.9. The number of thiophene rings is 1. The molecule has 28 heavy (non-hydrogen) atoms. The van der Waals surface area contributed by atoms with Gasteiger partial charge in [-0.15, -0.1) is 11.3 Å². The Kier molecular flexibility index (Phi) is 4.75. The molecule has 1 N–H and O–H groups in total. The fourth-order valence-electron chi connectivity index (χ4n) is 3.26. The second-order valence-electron chi connectivity index (χ2n) is 6.25. The molecule has 0 radical (unpaired) electrons. The third kappa shape index (κ3) is 3.10. The summed E-state index contributed by atoms with van der Waals surface area (Å²) in [6, 6.07) is 13.0. The van der Waals surface area contributed by atoms with Gasteiger partial charge < -0.3 is 19.2 Å². The predicted octanol–water partition coefficient (Wildman–Crippen LogP) is 3.97. The van der Waals surface area contributed by atoms with Crippen LogP contribution in [0.2, 0.25) is 0 Å². The van der Waals surface area contributed by atoms with Crippen LogP contribution < -0.4 is 4.74 Å². The monoisotopic (exact) mass is 395 g/mol. The molecular formula is C21H17NO5S. The highest BCUT2D eigenvalue weighted by atomic mass is 32.1. The van der Waals surface area contributed by atoms with E-state index in [0.29, 0.717) is 17.1 Å². The van der Waals surface area contributed by atoms with E-state index in [0.717, 1.165) is 4.88 Å². The largest absolute Gasteiger partial charge is 0.507 e. The lowest BCUT2D eigenvalue weighted by atomic mass is 9.99. The molecule has 1 amide bonds. The van der Waals surface area contributed by atoms with Crippen LogP contribution in [-0.4, -0.2) is 28.8 Å². The molecule has 1 unspecified atom stereocenters. The average molecular weight is 395 g/mol. The van der Waals surface area contributed by atoms with E-state index in [2.05, 4.69) is 0 Å². The topological polar surface area (TPSA) is 80.0 Å². The Balaban J connectivity index is 1.81. The Morgan fingerprint density at radius 3 is 2.57 bits per heavy atom. The van der Waals surface area contributed by atoms with Crippen molar-refractivity contribution in [3.63, 3.8) is 0 Å². The molecule has 0 saturated carbocycles. The summed E-state index contributed by atoms with van der Waals surface area (Å²) >= 11 is 1.49. The Morgan fingerprint density at radius 2 is 1.96 bits per heavy atom. The van der Waals surface area contributed by atoms with Crippen molar-refractivity contribution in [1.29, 1.82) is 0 Å². The molecule has 2 aromatic heterocycles. The summed E-state index contributed by atoms with van der Waals surface area (Å²) in [6.07, 6.45) is 1.48. The first-order chi connectivity index (χ1) is 13.6. The molecule has 7 heteroatoms. The molecule has 1 aliphatic rings. The zero-order chi connectivity index (χ0) is 19.7. The lowest BCUT2D eigenvalue weighted by molar-refractivity contribution is -0.140. The number of aliphatic hydroxyl groups excluding tert-OH is 1. The number of methoxy groups -OCH3 is 1. The first kappa shape index (κ1) is 18.1. The van der Waals surface area contributed by atoms with Crippen molar-refractivity contribution in [2.24, 2.45) is 0 Å². The Labute approximate surface area is 165 Å². The lowest BCUT2D eigenvalue weighted by Crippen LogP contribution is -2.28. The molecule has 3 heterocycles. The van der Waals surface area contributed by atoms with Gasteiger partial charge in [0.15, 0.2) is 0 Å². The number of nitrogens with zero attached hydrogens (tertiary/aromatic N) is 1. The first-order valence-electron chi connectivity index (χ1n) is 8.58. The number of amides is 1. The van der Waals surface area contributed by atoms with Gasteiger partial charge in [0.1, 0.15) is 23.3 Å². The van der Waals surface area contributed by atoms with Gasteiger partial charge in [-0.2, -0.15) is 0 Å². The maximum Gasteiger partial charge on any atom is 0.296 e.